The lowest BCUT2D eigenvalue weighted by Gasteiger charge is -2.25. The van der Waals surface area contributed by atoms with Crippen molar-refractivity contribution in [3.63, 3.8) is 0 Å². The number of hydrogen-bond acceptors (Lipinski definition) is 3. The van der Waals surface area contributed by atoms with Gasteiger partial charge in [-0.25, -0.2) is 4.68 Å². The van der Waals surface area contributed by atoms with Crippen LogP contribution in [0.2, 0.25) is 0 Å². The largest absolute Gasteiger partial charge is 0.387 e. The molecule has 0 bridgehead atoms. The average Bonchev–Trinajstić information content (AvgIpc) is 2.44. The predicted octanol–water partition coefficient (Wildman–Crippen LogP) is 1.13. The summed E-state index contributed by atoms with van der Waals surface area (Å²) in [7, 11) is 0. The van der Waals surface area contributed by atoms with Gasteiger partial charge in [0.15, 0.2) is 0 Å². The van der Waals surface area contributed by atoms with Crippen LogP contribution in [0, 0.1) is 5.92 Å². The van der Waals surface area contributed by atoms with Crippen LogP contribution in [0.5, 0.6) is 0 Å². The Bertz CT molecular complexity index is 278. The SMILES string of the molecule is C[C@@H](O)c1cnnn1CC1CCC1. The van der Waals surface area contributed by atoms with E-state index in [9.17, 15) is 5.11 Å². The summed E-state index contributed by atoms with van der Waals surface area (Å²) in [4.78, 5) is 0. The molecule has 0 spiro atoms. The van der Waals surface area contributed by atoms with E-state index in [4.69, 9.17) is 0 Å². The second kappa shape index (κ2) is 3.46. The lowest BCUT2D eigenvalue weighted by molar-refractivity contribution is 0.178. The monoisotopic (exact) mass is 181 g/mol. The molecule has 1 aliphatic carbocycles. The molecule has 72 valence electrons. The van der Waals surface area contributed by atoms with Gasteiger partial charge in [0.25, 0.3) is 0 Å². The van der Waals surface area contributed by atoms with Gasteiger partial charge >= 0.3 is 0 Å². The summed E-state index contributed by atoms with van der Waals surface area (Å²) in [5, 5.41) is 17.2. The highest BCUT2D eigenvalue weighted by Crippen LogP contribution is 2.28. The van der Waals surface area contributed by atoms with Crippen molar-refractivity contribution in [1.82, 2.24) is 15.0 Å². The van der Waals surface area contributed by atoms with Gasteiger partial charge in [0.1, 0.15) is 0 Å². The maximum atomic E-state index is 9.40. The van der Waals surface area contributed by atoms with Crippen LogP contribution in [-0.4, -0.2) is 20.1 Å². The Balaban J connectivity index is 2.05. The smallest absolute Gasteiger partial charge is 0.0945 e. The highest BCUT2D eigenvalue weighted by atomic mass is 16.3. The maximum Gasteiger partial charge on any atom is 0.0945 e. The molecule has 1 aromatic rings. The molecule has 0 unspecified atom stereocenters. The van der Waals surface area contributed by atoms with Crippen molar-refractivity contribution in [2.24, 2.45) is 5.92 Å². The fourth-order valence-electron chi connectivity index (χ4n) is 1.65. The van der Waals surface area contributed by atoms with Crippen molar-refractivity contribution in [2.45, 2.75) is 38.8 Å². The number of aliphatic hydroxyl groups is 1. The van der Waals surface area contributed by atoms with Crippen molar-refractivity contribution in [3.8, 4) is 0 Å². The van der Waals surface area contributed by atoms with Gasteiger partial charge in [-0.05, 0) is 25.7 Å². The third-order valence-corrected chi connectivity index (χ3v) is 2.73. The maximum absolute atomic E-state index is 9.40. The van der Waals surface area contributed by atoms with Crippen LogP contribution in [0.15, 0.2) is 6.20 Å². The quantitative estimate of drug-likeness (QED) is 0.760. The van der Waals surface area contributed by atoms with Crippen LogP contribution in [0.4, 0.5) is 0 Å². The number of hydrogen-bond donors (Lipinski definition) is 1. The predicted molar refractivity (Wildman–Crippen MR) is 48.0 cm³/mol. The van der Waals surface area contributed by atoms with Gasteiger partial charge in [-0.15, -0.1) is 5.10 Å². The summed E-state index contributed by atoms with van der Waals surface area (Å²) >= 11 is 0. The summed E-state index contributed by atoms with van der Waals surface area (Å²) in [6.07, 6.45) is 5.10. The third-order valence-electron chi connectivity index (χ3n) is 2.73. The lowest BCUT2D eigenvalue weighted by atomic mass is 9.85. The molecule has 1 aromatic heterocycles. The zero-order valence-electron chi connectivity index (χ0n) is 7.85. The molecule has 0 aliphatic heterocycles. The molecule has 1 N–H and O–H groups in total. The van der Waals surface area contributed by atoms with Crippen molar-refractivity contribution in [2.75, 3.05) is 0 Å². The van der Waals surface area contributed by atoms with Crippen LogP contribution in [0.3, 0.4) is 0 Å². The van der Waals surface area contributed by atoms with Crippen molar-refractivity contribution in [3.05, 3.63) is 11.9 Å². The molecule has 0 saturated heterocycles. The van der Waals surface area contributed by atoms with E-state index in [-0.39, 0.29) is 0 Å². The van der Waals surface area contributed by atoms with Crippen LogP contribution < -0.4 is 0 Å². The Morgan fingerprint density at radius 2 is 2.46 bits per heavy atom. The van der Waals surface area contributed by atoms with Crippen molar-refractivity contribution in [1.29, 1.82) is 0 Å². The Labute approximate surface area is 77.6 Å². The number of rotatable bonds is 3. The molecular formula is C9H15N3O. The van der Waals surface area contributed by atoms with Gasteiger partial charge in [0.2, 0.25) is 0 Å². The first-order valence-corrected chi connectivity index (χ1v) is 4.84. The number of aliphatic hydroxyl groups excluding tert-OH is 1. The van der Waals surface area contributed by atoms with Crippen LogP contribution in [0.1, 0.15) is 38.0 Å². The molecule has 1 fully saturated rings. The third kappa shape index (κ3) is 1.72. The molecule has 0 amide bonds. The zero-order valence-corrected chi connectivity index (χ0v) is 7.85. The van der Waals surface area contributed by atoms with Gasteiger partial charge in [0, 0.05) is 6.54 Å². The van der Waals surface area contributed by atoms with Gasteiger partial charge in [-0.1, -0.05) is 11.6 Å². The van der Waals surface area contributed by atoms with E-state index in [0.717, 1.165) is 18.2 Å². The van der Waals surface area contributed by atoms with E-state index in [1.165, 1.54) is 19.3 Å². The van der Waals surface area contributed by atoms with Gasteiger partial charge < -0.3 is 5.11 Å². The summed E-state index contributed by atoms with van der Waals surface area (Å²) < 4.78 is 1.83. The number of aromatic nitrogens is 3. The summed E-state index contributed by atoms with van der Waals surface area (Å²) in [6, 6.07) is 0. The Kier molecular flexibility index (Phi) is 2.31. The van der Waals surface area contributed by atoms with Gasteiger partial charge in [-0.3, -0.25) is 0 Å². The van der Waals surface area contributed by atoms with Crippen LogP contribution >= 0.6 is 0 Å². The Hall–Kier alpha value is -0.900. The lowest BCUT2D eigenvalue weighted by Crippen LogP contribution is -2.20. The molecule has 1 aliphatic rings. The highest BCUT2D eigenvalue weighted by Gasteiger charge is 2.20. The first-order chi connectivity index (χ1) is 6.27. The van der Waals surface area contributed by atoms with Crippen LogP contribution in [0.25, 0.3) is 0 Å². The molecule has 2 rings (SSSR count). The molecular weight excluding hydrogens is 166 g/mol. The van der Waals surface area contributed by atoms with E-state index >= 15 is 0 Å². The molecule has 1 saturated carbocycles. The molecule has 1 atom stereocenters. The topological polar surface area (TPSA) is 50.9 Å². The molecule has 13 heavy (non-hydrogen) atoms. The fourth-order valence-corrected chi connectivity index (χ4v) is 1.65. The van der Waals surface area contributed by atoms with Crippen molar-refractivity contribution < 1.29 is 5.11 Å². The Morgan fingerprint density at radius 1 is 1.69 bits per heavy atom. The van der Waals surface area contributed by atoms with Crippen LogP contribution in [-0.2, 0) is 6.54 Å². The van der Waals surface area contributed by atoms with E-state index in [2.05, 4.69) is 10.3 Å². The second-order valence-electron chi connectivity index (χ2n) is 3.81. The van der Waals surface area contributed by atoms with Gasteiger partial charge in [-0.2, -0.15) is 0 Å². The molecule has 1 heterocycles. The molecule has 0 aromatic carbocycles. The molecule has 0 radical (unpaired) electrons. The highest BCUT2D eigenvalue weighted by molar-refractivity contribution is 4.97. The minimum absolute atomic E-state index is 0.463. The standard InChI is InChI=1S/C9H15N3O/c1-7(13)9-5-10-11-12(9)6-8-3-2-4-8/h5,7-8,13H,2-4,6H2,1H3/t7-/m1/s1. The fraction of sp³-hybridized carbons (Fsp3) is 0.778. The van der Waals surface area contributed by atoms with E-state index in [1.807, 2.05) is 4.68 Å². The van der Waals surface area contributed by atoms with Gasteiger partial charge in [0.05, 0.1) is 18.0 Å². The first kappa shape index (κ1) is 8.69. The second-order valence-corrected chi connectivity index (χ2v) is 3.81. The minimum atomic E-state index is -0.463. The molecule has 4 nitrogen and oxygen atoms in total. The summed E-state index contributed by atoms with van der Waals surface area (Å²) in [5.74, 6) is 0.749. The zero-order chi connectivity index (χ0) is 9.26. The first-order valence-electron chi connectivity index (χ1n) is 4.84. The Morgan fingerprint density at radius 3 is 3.00 bits per heavy atom. The van der Waals surface area contributed by atoms with E-state index < -0.39 is 6.10 Å². The van der Waals surface area contributed by atoms with Crippen molar-refractivity contribution >= 4 is 0 Å². The number of nitrogens with zero attached hydrogens (tertiary/aromatic N) is 3. The summed E-state index contributed by atoms with van der Waals surface area (Å²) in [6.45, 7) is 2.66. The van der Waals surface area contributed by atoms with E-state index in [0.29, 0.717) is 0 Å². The normalized spacial score (nSPS) is 19.8. The minimum Gasteiger partial charge on any atom is -0.387 e. The summed E-state index contributed by atoms with van der Waals surface area (Å²) in [5.41, 5.74) is 0.826. The molecule has 4 heteroatoms. The average molecular weight is 181 g/mol. The van der Waals surface area contributed by atoms with E-state index in [1.54, 1.807) is 13.1 Å².